The van der Waals surface area contributed by atoms with Crippen molar-refractivity contribution in [1.29, 1.82) is 0 Å². The lowest BCUT2D eigenvalue weighted by molar-refractivity contribution is 0.600. The van der Waals surface area contributed by atoms with E-state index in [1.54, 1.807) is 81.9 Å². The Labute approximate surface area is 454 Å². The Morgan fingerprint density at radius 3 is 0.958 bits per heavy atom. The largest absolute Gasteiger partial charge is 0.435 e. The Balaban J connectivity index is 1.35. The van der Waals surface area contributed by atoms with Crippen LogP contribution in [0.25, 0.3) is 66.9 Å². The van der Waals surface area contributed by atoms with Crippen molar-refractivity contribution in [2.24, 2.45) is 0 Å². The number of rotatable bonds is 11. The number of hydrogen-bond acceptors (Lipinski definition) is 4. The summed E-state index contributed by atoms with van der Waals surface area (Å²) in [6, 6.07) is -11.4. The lowest BCUT2D eigenvalue weighted by atomic mass is 10.2. The molecule has 0 aliphatic carbocycles. The first kappa shape index (κ1) is 21.9. The lowest BCUT2D eigenvalue weighted by Crippen LogP contribution is -2.81. The van der Waals surface area contributed by atoms with Crippen molar-refractivity contribution >= 4 is 91.4 Å². The molecular weight excluding hydrogens is 899 g/mol. The molecule has 0 atom stereocenters. The molecule has 0 bridgehead atoms. The molecule has 71 heavy (non-hydrogen) atoms. The van der Waals surface area contributed by atoms with Crippen LogP contribution in [0.5, 0.6) is 0 Å². The fraction of sp³-hybridized carbons (Fsp3) is 0. The summed E-state index contributed by atoms with van der Waals surface area (Å²) in [5, 5.41) is -5.88. The van der Waals surface area contributed by atoms with Crippen LogP contribution in [0.2, 0.25) is 0 Å². The van der Waals surface area contributed by atoms with Gasteiger partial charge >= 0.3 is 0 Å². The Hall–Kier alpha value is -8.80. The highest BCUT2D eigenvalue weighted by Crippen LogP contribution is 2.34. The molecule has 0 amide bonds. The fourth-order valence-electron chi connectivity index (χ4n) is 8.99. The van der Waals surface area contributed by atoms with Crippen molar-refractivity contribution in [3.8, 4) is 23.3 Å². The molecule has 3 heterocycles. The highest BCUT2D eigenvalue weighted by Gasteiger charge is 2.53. The minimum absolute atomic E-state index is 0.257. The summed E-state index contributed by atoms with van der Waals surface area (Å²) in [5.41, 5.74) is 0.956. The molecule has 6 nitrogen and oxygen atoms in total. The third kappa shape index (κ3) is 6.99. The van der Waals surface area contributed by atoms with Crippen LogP contribution in [0.4, 0.5) is 0 Å². The number of hydrogen-bond donors (Lipinski definition) is 0. The standard InChI is InChI=1S/C63H45N5OSi2/c1-6-26-47(27-7-1)70(48-28-8-2-9-29-48,49-30-10-3-11-31-49)69-71(50-32-12-4-13-33-50,51-34-14-5-15-35-51)52-36-24-25-46(45-52)61-64-62(67-57-41-20-16-37-53(57)54-38-17-21-42-58(54)67)66-63(65-61)68-59-43-22-18-39-55(59)56-40-19-23-44-60(56)68/h1-45H/i1D,2D,3D,4D,5D,6D,7D,8D,9D,10D,11D,12D,13D,14D,15D,24D,25D,26D,27D,28D,29D,30D,31D,32D,33D,34D,35D,36D,45D. The van der Waals surface area contributed by atoms with Gasteiger partial charge in [0.15, 0.2) is 5.82 Å². The first-order valence-electron chi connectivity index (χ1n) is 36.2. The van der Waals surface area contributed by atoms with Crippen LogP contribution < -0.4 is 31.1 Å². The second-order valence-corrected chi connectivity index (χ2v) is 22.3. The molecule has 0 aliphatic heterocycles. The van der Waals surface area contributed by atoms with Gasteiger partial charge < -0.3 is 4.12 Å². The zero-order valence-corrected chi connectivity index (χ0v) is 38.4. The zero-order chi connectivity index (χ0) is 72.4. The maximum atomic E-state index is 11.0. The van der Waals surface area contributed by atoms with Crippen molar-refractivity contribution in [3.63, 3.8) is 0 Å². The van der Waals surface area contributed by atoms with Gasteiger partial charge in [0.1, 0.15) is 0 Å². The monoisotopic (exact) mass is 972 g/mol. The van der Waals surface area contributed by atoms with Crippen LogP contribution in [0.3, 0.4) is 0 Å². The van der Waals surface area contributed by atoms with Crippen LogP contribution >= 0.6 is 0 Å². The van der Waals surface area contributed by atoms with Crippen molar-refractivity contribution in [3.05, 3.63) is 272 Å². The van der Waals surface area contributed by atoms with Gasteiger partial charge in [0, 0.05) is 27.1 Å². The van der Waals surface area contributed by atoms with Gasteiger partial charge in [-0.25, -0.2) is 0 Å². The van der Waals surface area contributed by atoms with Gasteiger partial charge in [0.2, 0.25) is 11.9 Å². The fourth-order valence-corrected chi connectivity index (χ4v) is 17.7. The van der Waals surface area contributed by atoms with E-state index in [1.807, 2.05) is 24.3 Å². The summed E-state index contributed by atoms with van der Waals surface area (Å²) in [6.07, 6.45) is 0. The summed E-state index contributed by atoms with van der Waals surface area (Å²) in [6.45, 7) is 0. The normalized spacial score (nSPS) is 17.7. The minimum Gasteiger partial charge on any atom is -0.435 e. The summed E-state index contributed by atoms with van der Waals surface area (Å²) in [4.78, 5) is 15.1. The Morgan fingerprint density at radius 2 is 0.620 bits per heavy atom. The Bertz CT molecular complexity index is 5210. The van der Waals surface area contributed by atoms with Gasteiger partial charge in [0.05, 0.1) is 61.8 Å². The van der Waals surface area contributed by atoms with Crippen LogP contribution in [-0.4, -0.2) is 40.7 Å². The van der Waals surface area contributed by atoms with E-state index in [1.165, 1.54) is 0 Å². The van der Waals surface area contributed by atoms with Crippen molar-refractivity contribution in [2.45, 2.75) is 0 Å². The molecule has 336 valence electrons. The molecule has 10 aromatic carbocycles. The molecule has 8 heteroatoms. The smallest absolute Gasteiger partial charge is 0.278 e. The second-order valence-electron chi connectivity index (χ2n) is 15.7. The molecule has 0 radical (unpaired) electrons. The molecule has 0 saturated heterocycles. The zero-order valence-electron chi connectivity index (χ0n) is 65.4. The highest BCUT2D eigenvalue weighted by molar-refractivity contribution is 7.18. The Kier molecular flexibility index (Phi) is 5.43. The van der Waals surface area contributed by atoms with E-state index in [0.29, 0.717) is 43.6 Å². The summed E-state index contributed by atoms with van der Waals surface area (Å²) in [7, 11) is -14.5. The average molecular weight is 973 g/mol. The molecule has 0 N–H and O–H groups in total. The third-order valence-electron chi connectivity index (χ3n) is 11.9. The van der Waals surface area contributed by atoms with Gasteiger partial charge in [-0.3, -0.25) is 9.13 Å². The molecule has 0 unspecified atom stereocenters. The molecule has 3 aromatic heterocycles. The van der Waals surface area contributed by atoms with Crippen molar-refractivity contribution in [1.82, 2.24) is 24.1 Å². The molecule has 0 aliphatic rings. The maximum absolute atomic E-state index is 11.0. The SMILES string of the molecule is [2H]c1c([2H])c([2H])c([Si](O[Si](c2c([2H])c([2H])c([2H])c([2H])c2[2H])(c2c([2H])c([2H])c([2H])c([2H])c2[2H])c2c([2H])c([2H])c([2H])c(-c3nc(-n4c5ccccc5c5ccccc54)nc(-n4c5ccccc5c5ccccc54)n3)c2[2H])(c2c([2H])c([2H])c([2H])c([2H])c2[2H])c2c([2H])c([2H])c([2H])c([2H])c2[2H])c([2H])c1[2H]. The number of fused-ring (bicyclic) bond motifs is 6. The lowest BCUT2D eigenvalue weighted by Gasteiger charge is -2.44. The van der Waals surface area contributed by atoms with E-state index < -0.39 is 234 Å². The first-order valence-corrected chi connectivity index (χ1v) is 25.5. The van der Waals surface area contributed by atoms with Gasteiger partial charge in [0.25, 0.3) is 16.6 Å². The molecular formula is C63H45N5OSi2. The molecule has 13 aromatic rings. The number of para-hydroxylation sites is 4. The predicted octanol–water partition coefficient (Wildman–Crippen LogP) is 10.4. The number of benzene rings is 10. The minimum atomic E-state index is -7.33. The number of nitrogens with zero attached hydrogens (tertiary/aromatic N) is 5. The van der Waals surface area contributed by atoms with E-state index in [9.17, 15) is 32.9 Å². The highest BCUT2D eigenvalue weighted by atomic mass is 28.4. The van der Waals surface area contributed by atoms with Gasteiger partial charge in [-0.15, -0.1) is 0 Å². The van der Waals surface area contributed by atoms with E-state index in [0.717, 1.165) is 0 Å². The van der Waals surface area contributed by atoms with Crippen LogP contribution in [-0.2, 0) is 4.12 Å². The van der Waals surface area contributed by atoms with Crippen LogP contribution in [0.1, 0.15) is 39.8 Å². The summed E-state index contributed by atoms with van der Waals surface area (Å²) in [5.74, 6) is -1.26. The number of aromatic nitrogens is 5. The quantitative estimate of drug-likeness (QED) is 0.0957. The summed E-state index contributed by atoms with van der Waals surface area (Å²) < 4.78 is 290. The third-order valence-corrected chi connectivity index (χ3v) is 20.1. The first-order chi connectivity index (χ1) is 47.2. The van der Waals surface area contributed by atoms with E-state index in [4.69, 9.17) is 25.9 Å². The van der Waals surface area contributed by atoms with Crippen molar-refractivity contribution < 1.29 is 43.9 Å². The topological polar surface area (TPSA) is 57.8 Å². The van der Waals surface area contributed by atoms with Crippen molar-refractivity contribution in [2.75, 3.05) is 0 Å². The van der Waals surface area contributed by atoms with E-state index in [-0.39, 0.29) is 11.9 Å². The predicted molar refractivity (Wildman–Crippen MR) is 297 cm³/mol. The maximum Gasteiger partial charge on any atom is 0.278 e. The Morgan fingerprint density at radius 1 is 0.324 bits per heavy atom. The van der Waals surface area contributed by atoms with Gasteiger partial charge in [-0.1, -0.05) is 242 Å². The molecule has 0 saturated carbocycles. The average Bonchev–Trinajstić information content (AvgIpc) is 1.01. The van der Waals surface area contributed by atoms with Crippen LogP contribution in [0, 0.1) is 0 Å². The van der Waals surface area contributed by atoms with Gasteiger partial charge in [-0.2, -0.15) is 15.0 Å². The van der Waals surface area contributed by atoms with Crippen LogP contribution in [0.15, 0.2) is 272 Å². The van der Waals surface area contributed by atoms with E-state index in [2.05, 4.69) is 0 Å². The second kappa shape index (κ2) is 17.6. The molecule has 0 spiro atoms. The van der Waals surface area contributed by atoms with E-state index >= 15 is 0 Å². The summed E-state index contributed by atoms with van der Waals surface area (Å²) >= 11 is 0. The molecule has 13 rings (SSSR count). The molecule has 0 fully saturated rings. The van der Waals surface area contributed by atoms with Gasteiger partial charge in [-0.05, 0) is 61.4 Å².